The highest BCUT2D eigenvalue weighted by molar-refractivity contribution is 7.10. The molecule has 0 aliphatic heterocycles. The van der Waals surface area contributed by atoms with Crippen molar-refractivity contribution in [3.05, 3.63) is 52.8 Å². The summed E-state index contributed by atoms with van der Waals surface area (Å²) in [5.41, 5.74) is 0.840. The number of amides is 1. The summed E-state index contributed by atoms with van der Waals surface area (Å²) in [5.74, 6) is 1.27. The summed E-state index contributed by atoms with van der Waals surface area (Å²) in [4.78, 5) is 21.8. The zero-order valence-corrected chi connectivity index (χ0v) is 15.0. The number of aromatic nitrogens is 3. The third-order valence-electron chi connectivity index (χ3n) is 3.81. The molecule has 3 heterocycles. The van der Waals surface area contributed by atoms with Crippen molar-refractivity contribution in [1.82, 2.24) is 20.4 Å². The van der Waals surface area contributed by atoms with Crippen molar-refractivity contribution >= 4 is 17.2 Å². The molecule has 3 aromatic heterocycles. The van der Waals surface area contributed by atoms with E-state index in [9.17, 15) is 4.79 Å². The van der Waals surface area contributed by atoms with Gasteiger partial charge in [0, 0.05) is 35.7 Å². The van der Waals surface area contributed by atoms with Crippen LogP contribution in [-0.4, -0.2) is 21.0 Å². The Morgan fingerprint density at radius 2 is 2.08 bits per heavy atom. The third kappa shape index (κ3) is 4.51. The highest BCUT2D eigenvalue weighted by Crippen LogP contribution is 2.25. The van der Waals surface area contributed by atoms with E-state index in [1.165, 1.54) is 4.88 Å². The molecule has 0 bridgehead atoms. The fourth-order valence-electron chi connectivity index (χ4n) is 2.48. The number of hydrogen-bond donors (Lipinski definition) is 1. The largest absolute Gasteiger partial charge is 0.348 e. The first-order valence-corrected chi connectivity index (χ1v) is 9.07. The molecule has 0 saturated heterocycles. The van der Waals surface area contributed by atoms with Gasteiger partial charge in [0.25, 0.3) is 0 Å². The van der Waals surface area contributed by atoms with Crippen LogP contribution >= 0.6 is 11.3 Å². The van der Waals surface area contributed by atoms with Crippen molar-refractivity contribution in [2.75, 3.05) is 0 Å². The monoisotopic (exact) mass is 356 g/mol. The van der Waals surface area contributed by atoms with Crippen molar-refractivity contribution in [2.24, 2.45) is 5.92 Å². The van der Waals surface area contributed by atoms with Crippen LogP contribution in [0.5, 0.6) is 0 Å². The smallest absolute Gasteiger partial charge is 0.227 e. The number of hydrogen-bond acceptors (Lipinski definition) is 6. The van der Waals surface area contributed by atoms with Crippen LogP contribution in [0.2, 0.25) is 0 Å². The molecule has 3 aromatic rings. The standard InChI is InChI=1S/C18H20N4O2S/c1-12(2)17(14-4-3-11-25-14)20-15(23)5-6-16-21-18(22-24-16)13-7-9-19-10-8-13/h3-4,7-12,17H,5-6H2,1-2H3,(H,20,23). The van der Waals surface area contributed by atoms with E-state index in [4.69, 9.17) is 4.52 Å². The van der Waals surface area contributed by atoms with Gasteiger partial charge in [0.1, 0.15) is 0 Å². The average molecular weight is 356 g/mol. The molecule has 0 radical (unpaired) electrons. The van der Waals surface area contributed by atoms with Gasteiger partial charge in [0.15, 0.2) is 0 Å². The number of carbonyl (C=O) groups is 1. The summed E-state index contributed by atoms with van der Waals surface area (Å²) < 4.78 is 5.23. The Morgan fingerprint density at radius 1 is 1.28 bits per heavy atom. The second-order valence-corrected chi connectivity index (χ2v) is 7.03. The summed E-state index contributed by atoms with van der Waals surface area (Å²) in [6.45, 7) is 4.20. The number of pyridine rings is 1. The maximum absolute atomic E-state index is 12.3. The lowest BCUT2D eigenvalue weighted by molar-refractivity contribution is -0.122. The lowest BCUT2D eigenvalue weighted by Gasteiger charge is -2.21. The zero-order valence-electron chi connectivity index (χ0n) is 14.2. The maximum Gasteiger partial charge on any atom is 0.227 e. The van der Waals surface area contributed by atoms with E-state index in [1.807, 2.05) is 23.6 Å². The summed E-state index contributed by atoms with van der Waals surface area (Å²) >= 11 is 1.66. The molecule has 0 aromatic carbocycles. The van der Waals surface area contributed by atoms with E-state index in [-0.39, 0.29) is 11.9 Å². The van der Waals surface area contributed by atoms with Crippen LogP contribution in [0.25, 0.3) is 11.4 Å². The van der Waals surface area contributed by atoms with Gasteiger partial charge in [-0.2, -0.15) is 4.98 Å². The molecule has 7 heteroatoms. The molecule has 0 fully saturated rings. The topological polar surface area (TPSA) is 80.9 Å². The zero-order chi connectivity index (χ0) is 17.6. The summed E-state index contributed by atoms with van der Waals surface area (Å²) in [6, 6.07) is 7.71. The number of aryl methyl sites for hydroxylation is 1. The first-order chi connectivity index (χ1) is 12.1. The average Bonchev–Trinajstić information content (AvgIpc) is 3.30. The van der Waals surface area contributed by atoms with Gasteiger partial charge in [-0.3, -0.25) is 9.78 Å². The Labute approximate surface area is 150 Å². The lowest BCUT2D eigenvalue weighted by Crippen LogP contribution is -2.31. The van der Waals surface area contributed by atoms with Crippen LogP contribution < -0.4 is 5.32 Å². The Balaban J connectivity index is 1.56. The normalized spacial score (nSPS) is 12.3. The summed E-state index contributed by atoms with van der Waals surface area (Å²) in [7, 11) is 0. The molecule has 0 saturated carbocycles. The first-order valence-electron chi connectivity index (χ1n) is 8.19. The molecule has 3 rings (SSSR count). The number of carbonyl (C=O) groups excluding carboxylic acids is 1. The van der Waals surface area contributed by atoms with Gasteiger partial charge in [-0.05, 0) is 29.5 Å². The van der Waals surface area contributed by atoms with Crippen molar-refractivity contribution in [1.29, 1.82) is 0 Å². The van der Waals surface area contributed by atoms with Crippen LogP contribution in [0, 0.1) is 5.92 Å². The van der Waals surface area contributed by atoms with E-state index in [2.05, 4.69) is 40.4 Å². The molecule has 0 aliphatic rings. The molecule has 6 nitrogen and oxygen atoms in total. The van der Waals surface area contributed by atoms with Gasteiger partial charge in [-0.15, -0.1) is 11.3 Å². The lowest BCUT2D eigenvalue weighted by atomic mass is 10.0. The van der Waals surface area contributed by atoms with E-state index < -0.39 is 0 Å². The van der Waals surface area contributed by atoms with Gasteiger partial charge in [0.05, 0.1) is 6.04 Å². The summed E-state index contributed by atoms with van der Waals surface area (Å²) in [6.07, 6.45) is 4.08. The number of rotatable bonds is 7. The third-order valence-corrected chi connectivity index (χ3v) is 4.76. The van der Waals surface area contributed by atoms with Gasteiger partial charge >= 0.3 is 0 Å². The molecule has 130 valence electrons. The van der Waals surface area contributed by atoms with E-state index in [1.54, 1.807) is 23.7 Å². The molecule has 1 atom stereocenters. The van der Waals surface area contributed by atoms with Crippen LogP contribution in [0.3, 0.4) is 0 Å². The molecule has 25 heavy (non-hydrogen) atoms. The van der Waals surface area contributed by atoms with E-state index >= 15 is 0 Å². The molecular weight excluding hydrogens is 336 g/mol. The van der Waals surface area contributed by atoms with Crippen molar-refractivity contribution in [3.8, 4) is 11.4 Å². The molecule has 0 aliphatic carbocycles. The van der Waals surface area contributed by atoms with Crippen molar-refractivity contribution < 1.29 is 9.32 Å². The Morgan fingerprint density at radius 3 is 2.76 bits per heavy atom. The van der Waals surface area contributed by atoms with E-state index in [0.29, 0.717) is 30.5 Å². The predicted molar refractivity (Wildman–Crippen MR) is 95.9 cm³/mol. The molecule has 1 N–H and O–H groups in total. The van der Waals surface area contributed by atoms with Crippen LogP contribution in [0.15, 0.2) is 46.6 Å². The van der Waals surface area contributed by atoms with Crippen LogP contribution in [0.1, 0.15) is 37.1 Å². The minimum atomic E-state index is -0.0178. The SMILES string of the molecule is CC(C)C(NC(=O)CCc1nc(-c2ccncc2)no1)c1cccs1. The van der Waals surface area contributed by atoms with E-state index in [0.717, 1.165) is 5.56 Å². The number of nitrogens with zero attached hydrogens (tertiary/aromatic N) is 3. The highest BCUT2D eigenvalue weighted by atomic mass is 32.1. The molecular formula is C18H20N4O2S. The maximum atomic E-state index is 12.3. The minimum Gasteiger partial charge on any atom is -0.348 e. The molecule has 1 unspecified atom stereocenters. The number of thiophene rings is 1. The van der Waals surface area contributed by atoms with Crippen molar-refractivity contribution in [2.45, 2.75) is 32.7 Å². The second-order valence-electron chi connectivity index (χ2n) is 6.05. The molecule has 1 amide bonds. The van der Waals surface area contributed by atoms with Gasteiger partial charge < -0.3 is 9.84 Å². The fraction of sp³-hybridized carbons (Fsp3) is 0.333. The Hall–Kier alpha value is -2.54. The molecule has 0 spiro atoms. The number of nitrogens with one attached hydrogen (secondary N) is 1. The summed E-state index contributed by atoms with van der Waals surface area (Å²) in [5, 5.41) is 9.07. The van der Waals surface area contributed by atoms with Gasteiger partial charge in [0.2, 0.25) is 17.6 Å². The Bertz CT molecular complexity index is 800. The van der Waals surface area contributed by atoms with Crippen molar-refractivity contribution in [3.63, 3.8) is 0 Å². The first kappa shape index (κ1) is 17.3. The fourth-order valence-corrected chi connectivity index (χ4v) is 3.42. The van der Waals surface area contributed by atoms with Gasteiger partial charge in [-0.25, -0.2) is 0 Å². The second kappa shape index (κ2) is 8.02. The van der Waals surface area contributed by atoms with Crippen LogP contribution in [-0.2, 0) is 11.2 Å². The van der Waals surface area contributed by atoms with Crippen LogP contribution in [0.4, 0.5) is 0 Å². The predicted octanol–water partition coefficient (Wildman–Crippen LogP) is 3.64. The minimum absolute atomic E-state index is 0.0178. The van der Waals surface area contributed by atoms with Gasteiger partial charge in [-0.1, -0.05) is 25.1 Å². The quantitative estimate of drug-likeness (QED) is 0.699. The highest BCUT2D eigenvalue weighted by Gasteiger charge is 2.19. The Kier molecular flexibility index (Phi) is 5.55.